The summed E-state index contributed by atoms with van der Waals surface area (Å²) in [5.41, 5.74) is 3.53. The molecule has 1 aliphatic carbocycles. The van der Waals surface area contributed by atoms with Crippen LogP contribution in [0.1, 0.15) is 18.4 Å². The van der Waals surface area contributed by atoms with E-state index in [-0.39, 0.29) is 11.9 Å². The molecule has 1 saturated heterocycles. The number of hydrogen-bond donors (Lipinski definition) is 1. The van der Waals surface area contributed by atoms with Gasteiger partial charge in [0.1, 0.15) is 11.6 Å². The number of aryl methyl sites for hydroxylation is 1. The summed E-state index contributed by atoms with van der Waals surface area (Å²) in [4.78, 5) is 19.8. The number of ether oxygens (including phenoxy) is 1. The Labute approximate surface area is 166 Å². The normalized spacial score (nSPS) is 20.3. The van der Waals surface area contributed by atoms with E-state index in [1.807, 2.05) is 25.2 Å². The van der Waals surface area contributed by atoms with E-state index >= 15 is 0 Å². The molecule has 0 radical (unpaired) electrons. The fraction of sp³-hybridized carbons (Fsp3) is 0.364. The zero-order valence-electron chi connectivity index (χ0n) is 16.8. The minimum Gasteiger partial charge on any atom is -0.497 e. The van der Waals surface area contributed by atoms with E-state index < -0.39 is 0 Å². The maximum absolute atomic E-state index is 11.9. The molecule has 1 heterocycles. The first kappa shape index (κ1) is 19.7. The number of rotatable bonds is 6. The van der Waals surface area contributed by atoms with Gasteiger partial charge in [0.05, 0.1) is 19.8 Å². The lowest BCUT2D eigenvalue weighted by Crippen LogP contribution is -2.36. The van der Waals surface area contributed by atoms with Crippen molar-refractivity contribution in [1.29, 1.82) is 0 Å². The summed E-state index contributed by atoms with van der Waals surface area (Å²) in [6.07, 6.45) is 10.2. The molecular formula is C22H28N4O2. The van der Waals surface area contributed by atoms with Gasteiger partial charge >= 0.3 is 0 Å². The highest BCUT2D eigenvalue weighted by Crippen LogP contribution is 2.31. The van der Waals surface area contributed by atoms with Gasteiger partial charge in [-0.05, 0) is 55.8 Å². The number of allylic oxidation sites excluding steroid dienone is 3. The summed E-state index contributed by atoms with van der Waals surface area (Å²) >= 11 is 0. The van der Waals surface area contributed by atoms with E-state index in [9.17, 15) is 4.79 Å². The van der Waals surface area contributed by atoms with Crippen LogP contribution in [0, 0.1) is 6.92 Å². The lowest BCUT2D eigenvalue weighted by atomic mass is 9.97. The smallest absolute Gasteiger partial charge is 0.272 e. The largest absolute Gasteiger partial charge is 0.497 e. The summed E-state index contributed by atoms with van der Waals surface area (Å²) in [6, 6.07) is 6.18. The number of aliphatic imine (C=N–C) groups is 1. The first-order valence-electron chi connectivity index (χ1n) is 9.47. The number of methoxy groups -OCH3 is 1. The summed E-state index contributed by atoms with van der Waals surface area (Å²) in [5, 5.41) is 3.52. The van der Waals surface area contributed by atoms with Crippen LogP contribution < -0.4 is 10.1 Å². The molecule has 148 valence electrons. The minimum atomic E-state index is -0.328. The Kier molecular flexibility index (Phi) is 6.19. The fourth-order valence-corrected chi connectivity index (χ4v) is 3.72. The fourth-order valence-electron chi connectivity index (χ4n) is 3.72. The average molecular weight is 380 g/mol. The zero-order valence-corrected chi connectivity index (χ0v) is 16.8. The van der Waals surface area contributed by atoms with Gasteiger partial charge in [-0.1, -0.05) is 18.2 Å². The van der Waals surface area contributed by atoms with Gasteiger partial charge in [0.2, 0.25) is 0 Å². The number of likely N-dealkylation sites (N-methyl/N-ethyl adjacent to an activating group) is 1. The Morgan fingerprint density at radius 2 is 2.29 bits per heavy atom. The van der Waals surface area contributed by atoms with Crippen LogP contribution in [0.2, 0.25) is 0 Å². The van der Waals surface area contributed by atoms with Gasteiger partial charge in [-0.2, -0.15) is 0 Å². The molecule has 2 aliphatic rings. The molecule has 1 fully saturated rings. The van der Waals surface area contributed by atoms with Crippen LogP contribution in [0.25, 0.3) is 0 Å². The molecule has 1 aromatic rings. The number of nitrogens with one attached hydrogen (secondary N) is 1. The predicted molar refractivity (Wildman–Crippen MR) is 114 cm³/mol. The quantitative estimate of drug-likeness (QED) is 0.606. The average Bonchev–Trinajstić information content (AvgIpc) is 3.03. The molecular weight excluding hydrogens is 352 g/mol. The summed E-state index contributed by atoms with van der Waals surface area (Å²) in [5.74, 6) is 1.37. The lowest BCUT2D eigenvalue weighted by Gasteiger charge is -2.30. The molecule has 1 aliphatic heterocycles. The molecule has 0 spiro atoms. The van der Waals surface area contributed by atoms with E-state index in [1.165, 1.54) is 5.57 Å². The van der Waals surface area contributed by atoms with E-state index in [1.54, 1.807) is 13.2 Å². The van der Waals surface area contributed by atoms with Crippen LogP contribution in [0.4, 0.5) is 5.69 Å². The van der Waals surface area contributed by atoms with Crippen LogP contribution >= 0.6 is 0 Å². The second-order valence-corrected chi connectivity index (χ2v) is 7.09. The molecule has 6 heteroatoms. The highest BCUT2D eigenvalue weighted by molar-refractivity contribution is 5.91. The third kappa shape index (κ3) is 4.27. The zero-order chi connectivity index (χ0) is 20.1. The van der Waals surface area contributed by atoms with E-state index in [0.29, 0.717) is 6.67 Å². The van der Waals surface area contributed by atoms with Crippen molar-refractivity contribution < 1.29 is 9.53 Å². The second-order valence-electron chi connectivity index (χ2n) is 7.09. The van der Waals surface area contributed by atoms with Crippen LogP contribution in [-0.4, -0.2) is 55.8 Å². The number of anilines is 1. The Morgan fingerprint density at radius 3 is 2.93 bits per heavy atom. The molecule has 3 rings (SSSR count). The van der Waals surface area contributed by atoms with Gasteiger partial charge in [0, 0.05) is 25.4 Å². The Morgan fingerprint density at radius 1 is 1.46 bits per heavy atom. The predicted octanol–water partition coefficient (Wildman–Crippen LogP) is 3.33. The van der Waals surface area contributed by atoms with Crippen LogP contribution in [-0.2, 0) is 4.79 Å². The highest BCUT2D eigenvalue weighted by atomic mass is 16.5. The van der Waals surface area contributed by atoms with Crippen molar-refractivity contribution in [1.82, 2.24) is 9.80 Å². The molecule has 1 aromatic carbocycles. The molecule has 0 bridgehead atoms. The molecule has 1 amide bonds. The van der Waals surface area contributed by atoms with Gasteiger partial charge in [0.25, 0.3) is 5.91 Å². The van der Waals surface area contributed by atoms with E-state index in [4.69, 9.17) is 4.74 Å². The van der Waals surface area contributed by atoms with Crippen LogP contribution in [0.3, 0.4) is 0 Å². The van der Waals surface area contributed by atoms with Gasteiger partial charge in [-0.15, -0.1) is 0 Å². The van der Waals surface area contributed by atoms with Crippen molar-refractivity contribution in [3.05, 3.63) is 59.5 Å². The number of carbonyl (C=O) groups is 1. The summed E-state index contributed by atoms with van der Waals surface area (Å²) in [7, 11) is 3.67. The third-order valence-electron chi connectivity index (χ3n) is 5.26. The Hall–Kier alpha value is -3.02. The number of nitrogens with zero attached hydrogens (tertiary/aromatic N) is 3. The number of benzene rings is 1. The van der Waals surface area contributed by atoms with Gasteiger partial charge in [0.15, 0.2) is 0 Å². The SMILES string of the molecule is C=NC(=O)/C=C1/N(C)CC(C2=CC=CCC2)N1CNc1ccc(OC)cc1C. The molecule has 1 unspecified atom stereocenters. The Balaban J connectivity index is 1.85. The molecule has 1 atom stereocenters. The number of amides is 1. The van der Waals surface area contributed by atoms with Crippen LogP contribution in [0.15, 0.2) is 58.9 Å². The first-order valence-corrected chi connectivity index (χ1v) is 9.47. The lowest BCUT2D eigenvalue weighted by molar-refractivity contribution is -0.113. The number of carbonyl (C=O) groups excluding carboxylic acids is 1. The van der Waals surface area contributed by atoms with E-state index in [2.05, 4.69) is 52.0 Å². The topological polar surface area (TPSA) is 57.2 Å². The molecule has 0 saturated carbocycles. The maximum Gasteiger partial charge on any atom is 0.272 e. The minimum absolute atomic E-state index is 0.213. The van der Waals surface area contributed by atoms with Crippen molar-refractivity contribution in [2.45, 2.75) is 25.8 Å². The Bertz CT molecular complexity index is 841. The van der Waals surface area contributed by atoms with Crippen molar-refractivity contribution in [3.63, 3.8) is 0 Å². The first-order chi connectivity index (χ1) is 13.5. The van der Waals surface area contributed by atoms with Gasteiger partial charge < -0.3 is 19.9 Å². The van der Waals surface area contributed by atoms with Crippen molar-refractivity contribution in [2.24, 2.45) is 4.99 Å². The summed E-state index contributed by atoms with van der Waals surface area (Å²) in [6.45, 7) is 6.82. The van der Waals surface area contributed by atoms with Crippen molar-refractivity contribution >= 4 is 18.3 Å². The van der Waals surface area contributed by atoms with Crippen LogP contribution in [0.5, 0.6) is 5.75 Å². The molecule has 1 N–H and O–H groups in total. The third-order valence-corrected chi connectivity index (χ3v) is 5.26. The molecule has 0 aromatic heterocycles. The number of hydrogen-bond acceptors (Lipinski definition) is 5. The standard InChI is InChI=1S/C22H28N4O2/c1-16-12-18(28-4)10-11-19(16)24-15-26-20(17-8-6-5-7-9-17)14-25(3)22(26)13-21(27)23-2/h5-6,8,10-13,20,24H,2,7,9,14-15H2,1,3-4H3/b22-13-. The second kappa shape index (κ2) is 8.78. The van der Waals surface area contributed by atoms with Crippen molar-refractivity contribution in [2.75, 3.05) is 32.7 Å². The van der Waals surface area contributed by atoms with Crippen molar-refractivity contribution in [3.8, 4) is 5.75 Å². The molecule has 28 heavy (non-hydrogen) atoms. The monoisotopic (exact) mass is 380 g/mol. The van der Waals surface area contributed by atoms with Gasteiger partial charge in [-0.3, -0.25) is 4.79 Å². The highest BCUT2D eigenvalue weighted by Gasteiger charge is 2.34. The van der Waals surface area contributed by atoms with Gasteiger partial charge in [-0.25, -0.2) is 4.99 Å². The summed E-state index contributed by atoms with van der Waals surface area (Å²) < 4.78 is 5.29. The maximum atomic E-state index is 11.9. The van der Waals surface area contributed by atoms with E-state index in [0.717, 1.165) is 42.2 Å². The molecule has 6 nitrogen and oxygen atoms in total.